The quantitative estimate of drug-likeness (QED) is 0.354. The number of carbonyl (C=O) groups is 2. The Kier molecular flexibility index (Phi) is 3.76. The van der Waals surface area contributed by atoms with Crippen LogP contribution in [0.15, 0.2) is 18.2 Å². The third-order valence-electron chi connectivity index (χ3n) is 1.87. The van der Waals surface area contributed by atoms with Crippen LogP contribution >= 0.6 is 0 Å². The van der Waals surface area contributed by atoms with E-state index in [1.165, 1.54) is 6.92 Å². The van der Waals surface area contributed by atoms with Gasteiger partial charge in [-0.15, -0.1) is 0 Å². The number of amides is 1. The summed E-state index contributed by atoms with van der Waals surface area (Å²) in [5.74, 6) is -1.27. The lowest BCUT2D eigenvalue weighted by Crippen LogP contribution is -2.14. The first-order valence-electron chi connectivity index (χ1n) is 4.67. The van der Waals surface area contributed by atoms with Gasteiger partial charge in [0.05, 0.1) is 17.0 Å². The predicted molar refractivity (Wildman–Crippen MR) is 58.7 cm³/mol. The van der Waals surface area contributed by atoms with Crippen molar-refractivity contribution < 1.29 is 19.6 Å². The highest BCUT2D eigenvalue weighted by Gasteiger charge is 2.13. The lowest BCUT2D eigenvalue weighted by molar-refractivity contribution is -0.384. The zero-order valence-electron chi connectivity index (χ0n) is 8.97. The monoisotopic (exact) mass is 238 g/mol. The van der Waals surface area contributed by atoms with E-state index in [0.717, 1.165) is 18.2 Å². The van der Waals surface area contributed by atoms with Crippen molar-refractivity contribution in [2.45, 2.75) is 13.3 Å². The molecule has 0 heterocycles. The number of aromatic hydroxyl groups is 1. The number of nitrogens with zero attached hydrogens (tertiary/aromatic N) is 1. The largest absolute Gasteiger partial charge is 0.506 e. The van der Waals surface area contributed by atoms with Crippen molar-refractivity contribution >= 4 is 23.1 Å². The Bertz CT molecular complexity index is 484. The lowest BCUT2D eigenvalue weighted by atomic mass is 10.2. The van der Waals surface area contributed by atoms with E-state index in [9.17, 15) is 24.8 Å². The predicted octanol–water partition coefficient (Wildman–Crippen LogP) is 1.22. The Labute approximate surface area is 96.2 Å². The third-order valence-corrected chi connectivity index (χ3v) is 1.87. The molecule has 2 N–H and O–H groups in total. The maximum absolute atomic E-state index is 11.2. The second-order valence-corrected chi connectivity index (χ2v) is 3.39. The van der Waals surface area contributed by atoms with E-state index in [1.807, 2.05) is 0 Å². The van der Waals surface area contributed by atoms with Crippen LogP contribution in [0, 0.1) is 10.1 Å². The summed E-state index contributed by atoms with van der Waals surface area (Å²) in [6, 6.07) is 3.23. The summed E-state index contributed by atoms with van der Waals surface area (Å²) in [4.78, 5) is 31.7. The molecule has 0 spiro atoms. The minimum absolute atomic E-state index is 0.0922. The number of phenols is 1. The minimum atomic E-state index is -0.653. The topological polar surface area (TPSA) is 110 Å². The Balaban J connectivity index is 2.90. The van der Waals surface area contributed by atoms with Crippen molar-refractivity contribution in [1.29, 1.82) is 0 Å². The van der Waals surface area contributed by atoms with Gasteiger partial charge in [0.25, 0.3) is 5.69 Å². The maximum Gasteiger partial charge on any atom is 0.271 e. The number of carbonyl (C=O) groups excluding carboxylic acids is 2. The molecule has 7 nitrogen and oxygen atoms in total. The first kappa shape index (κ1) is 12.6. The van der Waals surface area contributed by atoms with Crippen LogP contribution in [0.5, 0.6) is 5.75 Å². The average molecular weight is 238 g/mol. The number of hydrogen-bond donors (Lipinski definition) is 2. The van der Waals surface area contributed by atoms with E-state index in [2.05, 4.69) is 5.32 Å². The Morgan fingerprint density at radius 1 is 1.47 bits per heavy atom. The summed E-state index contributed by atoms with van der Waals surface area (Å²) >= 11 is 0. The molecule has 0 radical (unpaired) electrons. The highest BCUT2D eigenvalue weighted by atomic mass is 16.6. The summed E-state index contributed by atoms with van der Waals surface area (Å²) < 4.78 is 0. The summed E-state index contributed by atoms with van der Waals surface area (Å²) in [6.07, 6.45) is -0.345. The standard InChI is InChI=1S/C10H10N2O5/c1-6(13)4-10(15)11-8-5-7(12(16)17)2-3-9(8)14/h2-3,5,14H,4H2,1H3,(H,11,15). The first-order chi connectivity index (χ1) is 7.90. The molecule has 0 fully saturated rings. The number of benzene rings is 1. The maximum atomic E-state index is 11.2. The van der Waals surface area contributed by atoms with Gasteiger partial charge in [-0.05, 0) is 13.0 Å². The van der Waals surface area contributed by atoms with Gasteiger partial charge in [0.15, 0.2) is 0 Å². The van der Waals surface area contributed by atoms with Gasteiger partial charge in [-0.3, -0.25) is 19.7 Å². The fourth-order valence-corrected chi connectivity index (χ4v) is 1.16. The van der Waals surface area contributed by atoms with Crippen molar-refractivity contribution in [3.8, 4) is 5.75 Å². The van der Waals surface area contributed by atoms with Gasteiger partial charge >= 0.3 is 0 Å². The molecular formula is C10H10N2O5. The zero-order valence-corrected chi connectivity index (χ0v) is 8.97. The summed E-state index contributed by atoms with van der Waals surface area (Å²) in [5, 5.41) is 22.1. The molecule has 1 amide bonds. The van der Waals surface area contributed by atoms with Crippen molar-refractivity contribution in [2.24, 2.45) is 0 Å². The number of Topliss-reactive ketones (excluding diaryl/α,β-unsaturated/α-hetero) is 1. The molecule has 7 heteroatoms. The van der Waals surface area contributed by atoms with Crippen LogP contribution < -0.4 is 5.32 Å². The smallest absolute Gasteiger partial charge is 0.271 e. The summed E-state index contributed by atoms with van der Waals surface area (Å²) in [6.45, 7) is 1.24. The zero-order chi connectivity index (χ0) is 13.0. The van der Waals surface area contributed by atoms with Crippen LogP contribution in [-0.2, 0) is 9.59 Å². The van der Waals surface area contributed by atoms with Crippen LogP contribution in [-0.4, -0.2) is 21.7 Å². The van der Waals surface area contributed by atoms with Gasteiger partial charge in [-0.2, -0.15) is 0 Å². The van der Waals surface area contributed by atoms with Gasteiger partial charge < -0.3 is 10.4 Å². The molecule has 0 atom stereocenters. The van der Waals surface area contributed by atoms with Crippen LogP contribution in [0.3, 0.4) is 0 Å². The van der Waals surface area contributed by atoms with Crippen molar-refractivity contribution in [3.05, 3.63) is 28.3 Å². The summed E-state index contributed by atoms with van der Waals surface area (Å²) in [7, 11) is 0. The third kappa shape index (κ3) is 3.56. The van der Waals surface area contributed by atoms with Gasteiger partial charge in [0, 0.05) is 12.1 Å². The van der Waals surface area contributed by atoms with E-state index in [1.54, 1.807) is 0 Å². The molecule has 0 aromatic heterocycles. The fourth-order valence-electron chi connectivity index (χ4n) is 1.16. The van der Waals surface area contributed by atoms with Crippen molar-refractivity contribution in [2.75, 3.05) is 5.32 Å². The SMILES string of the molecule is CC(=O)CC(=O)Nc1cc([N+](=O)[O-])ccc1O. The second-order valence-electron chi connectivity index (χ2n) is 3.39. The van der Waals surface area contributed by atoms with E-state index < -0.39 is 10.8 Å². The molecule has 0 aliphatic heterocycles. The number of anilines is 1. The molecule has 0 unspecified atom stereocenters. The van der Waals surface area contributed by atoms with Crippen molar-refractivity contribution in [1.82, 2.24) is 0 Å². The molecule has 1 rings (SSSR count). The highest BCUT2D eigenvalue weighted by molar-refractivity contribution is 6.04. The number of ketones is 1. The van der Waals surface area contributed by atoms with E-state index >= 15 is 0 Å². The molecule has 0 aliphatic carbocycles. The minimum Gasteiger partial charge on any atom is -0.506 e. The molecule has 17 heavy (non-hydrogen) atoms. The van der Waals surface area contributed by atoms with Crippen molar-refractivity contribution in [3.63, 3.8) is 0 Å². The average Bonchev–Trinajstić information content (AvgIpc) is 2.19. The normalized spacial score (nSPS) is 9.71. The molecule has 90 valence electrons. The molecule has 0 aliphatic rings. The van der Waals surface area contributed by atoms with Gasteiger partial charge in [0.1, 0.15) is 11.5 Å². The van der Waals surface area contributed by atoms with E-state index in [4.69, 9.17) is 0 Å². The number of phenolic OH excluding ortho intramolecular Hbond substituents is 1. The summed E-state index contributed by atoms with van der Waals surface area (Å²) in [5.41, 5.74) is -0.355. The Hall–Kier alpha value is -2.44. The lowest BCUT2D eigenvalue weighted by Gasteiger charge is -2.05. The molecule has 0 saturated carbocycles. The molecule has 0 saturated heterocycles. The number of nitro groups is 1. The Morgan fingerprint density at radius 2 is 2.12 bits per heavy atom. The van der Waals surface area contributed by atoms with E-state index in [0.29, 0.717) is 0 Å². The van der Waals surface area contributed by atoms with Gasteiger partial charge in [-0.25, -0.2) is 0 Å². The fraction of sp³-hybridized carbons (Fsp3) is 0.200. The van der Waals surface area contributed by atoms with E-state index in [-0.39, 0.29) is 29.3 Å². The van der Waals surface area contributed by atoms with Crippen LogP contribution in [0.25, 0.3) is 0 Å². The van der Waals surface area contributed by atoms with Crippen LogP contribution in [0.1, 0.15) is 13.3 Å². The number of hydrogen-bond acceptors (Lipinski definition) is 5. The van der Waals surface area contributed by atoms with Crippen LogP contribution in [0.4, 0.5) is 11.4 Å². The van der Waals surface area contributed by atoms with Crippen LogP contribution in [0.2, 0.25) is 0 Å². The second kappa shape index (κ2) is 5.06. The molecular weight excluding hydrogens is 228 g/mol. The molecule has 0 bridgehead atoms. The number of non-ortho nitro benzene ring substituents is 1. The molecule has 1 aromatic carbocycles. The number of nitro benzene ring substituents is 1. The molecule has 1 aromatic rings. The number of rotatable bonds is 4. The first-order valence-corrected chi connectivity index (χ1v) is 4.67. The highest BCUT2D eigenvalue weighted by Crippen LogP contribution is 2.27. The number of nitrogens with one attached hydrogen (secondary N) is 1. The van der Waals surface area contributed by atoms with Gasteiger partial charge in [0.2, 0.25) is 5.91 Å². The Morgan fingerprint density at radius 3 is 2.65 bits per heavy atom. The van der Waals surface area contributed by atoms with Gasteiger partial charge in [-0.1, -0.05) is 0 Å².